The van der Waals surface area contributed by atoms with Crippen molar-refractivity contribution < 1.29 is 27.5 Å². The van der Waals surface area contributed by atoms with E-state index in [0.717, 1.165) is 16.5 Å². The molecular formula is C20H20N2O6S2. The number of esters is 1. The van der Waals surface area contributed by atoms with Crippen molar-refractivity contribution in [3.8, 4) is 0 Å². The van der Waals surface area contributed by atoms with E-state index in [1.54, 1.807) is 42.0 Å². The summed E-state index contributed by atoms with van der Waals surface area (Å²) in [5, 5.41) is 0. The summed E-state index contributed by atoms with van der Waals surface area (Å²) >= 11 is 1.22. The Morgan fingerprint density at radius 2 is 1.87 bits per heavy atom. The molecule has 3 aromatic rings. The van der Waals surface area contributed by atoms with E-state index >= 15 is 0 Å². The van der Waals surface area contributed by atoms with Crippen LogP contribution in [0.3, 0.4) is 0 Å². The number of amides is 1. The fourth-order valence-electron chi connectivity index (χ4n) is 2.92. The first-order valence-electron chi connectivity index (χ1n) is 8.85. The third-order valence-corrected chi connectivity index (χ3v) is 6.53. The molecule has 0 aliphatic carbocycles. The number of aromatic nitrogens is 1. The Hall–Kier alpha value is -2.82. The highest BCUT2D eigenvalue weighted by Gasteiger charge is 2.18. The minimum atomic E-state index is -3.59. The summed E-state index contributed by atoms with van der Waals surface area (Å²) in [5.41, 5.74) is 1.16. The average molecular weight is 449 g/mol. The number of thiazole rings is 1. The average Bonchev–Trinajstić information content (AvgIpc) is 3.06. The molecule has 0 aliphatic rings. The summed E-state index contributed by atoms with van der Waals surface area (Å²) in [5.74, 6) is -1.13. The van der Waals surface area contributed by atoms with Gasteiger partial charge in [0.1, 0.15) is 0 Å². The Labute approximate surface area is 177 Å². The summed E-state index contributed by atoms with van der Waals surface area (Å²) in [4.78, 5) is 29.2. The molecular weight excluding hydrogens is 428 g/mol. The van der Waals surface area contributed by atoms with Gasteiger partial charge in [0, 0.05) is 19.9 Å². The highest BCUT2D eigenvalue weighted by Crippen LogP contribution is 2.21. The van der Waals surface area contributed by atoms with Crippen molar-refractivity contribution >= 4 is 43.3 Å². The lowest BCUT2D eigenvalue weighted by atomic mass is 10.2. The lowest BCUT2D eigenvalue weighted by Crippen LogP contribution is -2.20. The minimum Gasteiger partial charge on any atom is -0.465 e. The van der Waals surface area contributed by atoms with Crippen LogP contribution in [0.15, 0.2) is 52.4 Å². The molecule has 0 unspecified atom stereocenters. The number of sulfone groups is 1. The SMILES string of the molecule is COCCn1c(=NC(=O)c2ccccc2S(C)(=O)=O)sc2cc(C(=O)OC)ccc21. The molecule has 8 nitrogen and oxygen atoms in total. The minimum absolute atomic E-state index is 0.00555. The fraction of sp³-hybridized carbons (Fsp3) is 0.250. The lowest BCUT2D eigenvalue weighted by molar-refractivity contribution is 0.0600. The maximum Gasteiger partial charge on any atom is 0.337 e. The van der Waals surface area contributed by atoms with Crippen LogP contribution in [0.2, 0.25) is 0 Å². The van der Waals surface area contributed by atoms with Gasteiger partial charge in [-0.1, -0.05) is 23.5 Å². The zero-order chi connectivity index (χ0) is 21.9. The van der Waals surface area contributed by atoms with Crippen molar-refractivity contribution in [2.24, 2.45) is 4.99 Å². The summed E-state index contributed by atoms with van der Waals surface area (Å²) in [6, 6.07) is 11.0. The third-order valence-electron chi connectivity index (χ3n) is 4.34. The number of benzene rings is 2. The van der Waals surface area contributed by atoms with Crippen molar-refractivity contribution in [3.63, 3.8) is 0 Å². The second kappa shape index (κ2) is 8.90. The van der Waals surface area contributed by atoms with Crippen LogP contribution in [0.25, 0.3) is 10.2 Å². The predicted octanol–water partition coefficient (Wildman–Crippen LogP) is 2.28. The molecule has 1 heterocycles. The highest BCUT2D eigenvalue weighted by atomic mass is 32.2. The van der Waals surface area contributed by atoms with Crippen LogP contribution in [-0.2, 0) is 25.9 Å². The summed E-state index contributed by atoms with van der Waals surface area (Å²) < 4.78 is 36.5. The second-order valence-electron chi connectivity index (χ2n) is 6.39. The van der Waals surface area contributed by atoms with Crippen molar-refractivity contribution in [2.45, 2.75) is 11.4 Å². The molecule has 30 heavy (non-hydrogen) atoms. The van der Waals surface area contributed by atoms with Crippen LogP contribution >= 0.6 is 11.3 Å². The first kappa shape index (κ1) is 21.9. The van der Waals surface area contributed by atoms with Crippen molar-refractivity contribution in [1.29, 1.82) is 0 Å². The molecule has 158 valence electrons. The molecule has 0 radical (unpaired) electrons. The van der Waals surface area contributed by atoms with Gasteiger partial charge in [0.15, 0.2) is 14.6 Å². The van der Waals surface area contributed by atoms with Crippen LogP contribution < -0.4 is 4.80 Å². The predicted molar refractivity (Wildman–Crippen MR) is 112 cm³/mol. The van der Waals surface area contributed by atoms with Crippen LogP contribution in [-0.4, -0.2) is 51.9 Å². The lowest BCUT2D eigenvalue weighted by Gasteiger charge is -2.06. The molecule has 0 N–H and O–H groups in total. The van der Waals surface area contributed by atoms with Crippen molar-refractivity contribution in [2.75, 3.05) is 27.1 Å². The molecule has 0 fully saturated rings. The van der Waals surface area contributed by atoms with Gasteiger partial charge in [0.25, 0.3) is 5.91 Å². The molecule has 10 heteroatoms. The van der Waals surface area contributed by atoms with Crippen molar-refractivity contribution in [3.05, 3.63) is 58.4 Å². The van der Waals surface area contributed by atoms with Gasteiger partial charge in [0.05, 0.1) is 40.0 Å². The molecule has 1 aromatic heterocycles. The van der Waals surface area contributed by atoms with Crippen LogP contribution in [0.5, 0.6) is 0 Å². The number of methoxy groups -OCH3 is 2. The van der Waals surface area contributed by atoms with Crippen LogP contribution in [0.4, 0.5) is 0 Å². The quantitative estimate of drug-likeness (QED) is 0.536. The van der Waals surface area contributed by atoms with E-state index in [0.29, 0.717) is 23.5 Å². The Bertz CT molecular complexity index is 1290. The molecule has 0 spiro atoms. The topological polar surface area (TPSA) is 104 Å². The van der Waals surface area contributed by atoms with Gasteiger partial charge in [0.2, 0.25) is 0 Å². The number of nitrogens with zero attached hydrogens (tertiary/aromatic N) is 2. The first-order chi connectivity index (χ1) is 14.3. The third kappa shape index (κ3) is 4.50. The zero-order valence-corrected chi connectivity index (χ0v) is 18.2. The van der Waals surface area contributed by atoms with E-state index in [9.17, 15) is 18.0 Å². The summed E-state index contributed by atoms with van der Waals surface area (Å²) in [6.45, 7) is 0.805. The van der Waals surface area contributed by atoms with E-state index in [2.05, 4.69) is 4.99 Å². The zero-order valence-electron chi connectivity index (χ0n) is 16.6. The Morgan fingerprint density at radius 1 is 1.13 bits per heavy atom. The fourth-order valence-corrected chi connectivity index (χ4v) is 4.89. The Balaban J connectivity index is 2.18. The molecule has 0 atom stereocenters. The van der Waals surface area contributed by atoms with Gasteiger partial charge in [-0.3, -0.25) is 4.79 Å². The van der Waals surface area contributed by atoms with E-state index in [1.807, 2.05) is 0 Å². The van der Waals surface area contributed by atoms with Crippen LogP contribution in [0, 0.1) is 0 Å². The standard InChI is InChI=1S/C20H20N2O6S2/c1-27-11-10-22-15-9-8-13(19(24)28-2)12-16(15)29-20(22)21-18(23)14-6-4-5-7-17(14)30(3,25)26/h4-9,12H,10-11H2,1-3H3. The summed E-state index contributed by atoms with van der Waals surface area (Å²) in [6.07, 6.45) is 1.05. The Kier molecular flexibility index (Phi) is 6.49. The molecule has 2 aromatic carbocycles. The van der Waals surface area contributed by atoms with E-state index in [-0.39, 0.29) is 10.5 Å². The number of carbonyl (C=O) groups excluding carboxylic acids is 2. The molecule has 0 saturated heterocycles. The van der Waals surface area contributed by atoms with Gasteiger partial charge < -0.3 is 14.0 Å². The molecule has 1 amide bonds. The van der Waals surface area contributed by atoms with Crippen molar-refractivity contribution in [1.82, 2.24) is 4.57 Å². The maximum absolute atomic E-state index is 12.9. The van der Waals surface area contributed by atoms with E-state index in [4.69, 9.17) is 9.47 Å². The van der Waals surface area contributed by atoms with Crippen LogP contribution in [0.1, 0.15) is 20.7 Å². The molecule has 0 saturated carbocycles. The molecule has 3 rings (SSSR count). The van der Waals surface area contributed by atoms with E-state index < -0.39 is 21.7 Å². The maximum atomic E-state index is 12.9. The van der Waals surface area contributed by atoms with Gasteiger partial charge >= 0.3 is 5.97 Å². The van der Waals surface area contributed by atoms with Gasteiger partial charge in [-0.2, -0.15) is 4.99 Å². The molecule has 0 aliphatic heterocycles. The van der Waals surface area contributed by atoms with Gasteiger partial charge in [-0.25, -0.2) is 13.2 Å². The smallest absolute Gasteiger partial charge is 0.337 e. The second-order valence-corrected chi connectivity index (χ2v) is 9.38. The van der Waals surface area contributed by atoms with Gasteiger partial charge in [-0.15, -0.1) is 0 Å². The van der Waals surface area contributed by atoms with Gasteiger partial charge in [-0.05, 0) is 30.3 Å². The first-order valence-corrected chi connectivity index (χ1v) is 11.6. The highest BCUT2D eigenvalue weighted by molar-refractivity contribution is 7.90. The number of rotatable bonds is 6. The monoisotopic (exact) mass is 448 g/mol. The number of hydrogen-bond acceptors (Lipinski definition) is 7. The number of fused-ring (bicyclic) bond motifs is 1. The normalized spacial score (nSPS) is 12.3. The summed E-state index contributed by atoms with van der Waals surface area (Å²) in [7, 11) is -0.725. The largest absolute Gasteiger partial charge is 0.465 e. The number of carbonyl (C=O) groups is 2. The number of hydrogen-bond donors (Lipinski definition) is 0. The number of ether oxygens (including phenoxy) is 2. The van der Waals surface area contributed by atoms with E-state index in [1.165, 1.54) is 30.6 Å². The molecule has 0 bridgehead atoms. The Morgan fingerprint density at radius 3 is 2.53 bits per heavy atom.